The van der Waals surface area contributed by atoms with Crippen LogP contribution >= 0.6 is 0 Å². The molecule has 1 aromatic rings. The van der Waals surface area contributed by atoms with Crippen LogP contribution in [0.1, 0.15) is 29.9 Å². The summed E-state index contributed by atoms with van der Waals surface area (Å²) in [5.41, 5.74) is 0.522. The fraction of sp³-hybridized carbons (Fsp3) is 0.500. The van der Waals surface area contributed by atoms with Crippen molar-refractivity contribution >= 4 is 5.91 Å². The molecule has 0 saturated heterocycles. The summed E-state index contributed by atoms with van der Waals surface area (Å²) in [6.45, 7) is 5.49. The number of carbonyl (C=O) groups is 1. The van der Waals surface area contributed by atoms with E-state index in [9.17, 15) is 9.90 Å². The lowest BCUT2D eigenvalue weighted by Crippen LogP contribution is -2.39. The molecule has 0 saturated carbocycles. The highest BCUT2D eigenvalue weighted by Crippen LogP contribution is 2.08. The van der Waals surface area contributed by atoms with Crippen molar-refractivity contribution in [3.8, 4) is 0 Å². The molecule has 0 bridgehead atoms. The minimum atomic E-state index is -0.882. The van der Waals surface area contributed by atoms with Gasteiger partial charge in [-0.3, -0.25) is 9.78 Å². The highest BCUT2D eigenvalue weighted by Gasteiger charge is 2.20. The maximum atomic E-state index is 12.0. The average Bonchev–Trinajstić information content (AvgIpc) is 2.14. The summed E-state index contributed by atoms with van der Waals surface area (Å²) in [5, 5.41) is 9.63. The van der Waals surface area contributed by atoms with Crippen LogP contribution in [0.15, 0.2) is 18.3 Å². The molecule has 0 fully saturated rings. The van der Waals surface area contributed by atoms with Crippen LogP contribution < -0.4 is 0 Å². The molecule has 1 N–H and O–H groups in total. The lowest BCUT2D eigenvalue weighted by Gasteiger charge is -2.25. The number of hydrogen-bond donors (Lipinski definition) is 1. The van der Waals surface area contributed by atoms with Crippen molar-refractivity contribution in [3.63, 3.8) is 0 Å². The van der Waals surface area contributed by atoms with Gasteiger partial charge < -0.3 is 10.0 Å². The predicted octanol–water partition coefficient (Wildman–Crippen LogP) is 1.23. The van der Waals surface area contributed by atoms with Gasteiger partial charge in [-0.15, -0.1) is 0 Å². The van der Waals surface area contributed by atoms with E-state index in [-0.39, 0.29) is 5.91 Å². The quantitative estimate of drug-likeness (QED) is 0.837. The number of aliphatic hydroxyl groups is 1. The van der Waals surface area contributed by atoms with E-state index in [4.69, 9.17) is 0 Å². The maximum absolute atomic E-state index is 12.0. The summed E-state index contributed by atoms with van der Waals surface area (Å²) < 4.78 is 0. The number of amides is 1. The van der Waals surface area contributed by atoms with Crippen LogP contribution in [0.2, 0.25) is 0 Å². The molecule has 1 aromatic heterocycles. The van der Waals surface area contributed by atoms with Crippen LogP contribution in [0.4, 0.5) is 0 Å². The largest absolute Gasteiger partial charge is 0.389 e. The van der Waals surface area contributed by atoms with Crippen LogP contribution in [0.5, 0.6) is 0 Å². The van der Waals surface area contributed by atoms with Crippen molar-refractivity contribution in [2.45, 2.75) is 26.4 Å². The number of likely N-dealkylation sites (N-methyl/N-ethyl adjacent to an activating group) is 1. The Bertz CT molecular complexity index is 383. The Balaban J connectivity index is 2.78. The summed E-state index contributed by atoms with van der Waals surface area (Å²) in [6, 6.07) is 3.42. The van der Waals surface area contributed by atoms with Crippen molar-refractivity contribution in [3.05, 3.63) is 29.6 Å². The third-order valence-corrected chi connectivity index (χ3v) is 2.11. The molecule has 4 nitrogen and oxygen atoms in total. The molecule has 1 rings (SSSR count). The van der Waals surface area contributed by atoms with Crippen molar-refractivity contribution in [1.29, 1.82) is 0 Å². The second kappa shape index (κ2) is 4.61. The molecule has 4 heteroatoms. The molecule has 0 spiro atoms. The summed E-state index contributed by atoms with van der Waals surface area (Å²) in [7, 11) is 1.68. The smallest absolute Gasteiger partial charge is 0.253 e. The van der Waals surface area contributed by atoms with Crippen LogP contribution in [0.25, 0.3) is 0 Å². The Kier molecular flexibility index (Phi) is 3.65. The Labute approximate surface area is 95.9 Å². The molecule has 0 atom stereocenters. The zero-order valence-electron chi connectivity index (χ0n) is 10.2. The third-order valence-electron chi connectivity index (χ3n) is 2.11. The van der Waals surface area contributed by atoms with Gasteiger partial charge in [0.15, 0.2) is 0 Å². The van der Waals surface area contributed by atoms with Crippen LogP contribution in [-0.2, 0) is 0 Å². The van der Waals surface area contributed by atoms with E-state index in [0.29, 0.717) is 12.1 Å². The first-order chi connectivity index (χ1) is 7.29. The molecule has 0 unspecified atom stereocenters. The molecule has 88 valence electrons. The van der Waals surface area contributed by atoms with E-state index in [2.05, 4.69) is 4.98 Å². The maximum Gasteiger partial charge on any atom is 0.253 e. The van der Waals surface area contributed by atoms with Gasteiger partial charge >= 0.3 is 0 Å². The molecular weight excluding hydrogens is 204 g/mol. The number of nitrogens with zero attached hydrogens (tertiary/aromatic N) is 2. The third kappa shape index (κ3) is 3.62. The SMILES string of the molecule is Cc1cc(C(=O)N(C)CC(C)(C)O)ccn1. The Morgan fingerprint density at radius 2 is 2.19 bits per heavy atom. The number of carbonyl (C=O) groups excluding carboxylic acids is 1. The predicted molar refractivity (Wildman–Crippen MR) is 62.2 cm³/mol. The van der Waals surface area contributed by atoms with E-state index in [1.807, 2.05) is 6.92 Å². The molecule has 1 amide bonds. The van der Waals surface area contributed by atoms with Gasteiger partial charge in [-0.1, -0.05) is 0 Å². The summed E-state index contributed by atoms with van der Waals surface area (Å²) in [6.07, 6.45) is 1.61. The highest BCUT2D eigenvalue weighted by molar-refractivity contribution is 5.94. The highest BCUT2D eigenvalue weighted by atomic mass is 16.3. The minimum Gasteiger partial charge on any atom is -0.389 e. The summed E-state index contributed by atoms with van der Waals surface area (Å²) >= 11 is 0. The first kappa shape index (κ1) is 12.6. The molecule has 0 aliphatic heterocycles. The van der Waals surface area contributed by atoms with Crippen molar-refractivity contribution in [2.75, 3.05) is 13.6 Å². The van der Waals surface area contributed by atoms with E-state index < -0.39 is 5.60 Å². The molecule has 1 heterocycles. The number of aryl methyl sites for hydroxylation is 1. The molecular formula is C12H18N2O2. The van der Waals surface area contributed by atoms with Gasteiger partial charge in [-0.2, -0.15) is 0 Å². The first-order valence-electron chi connectivity index (χ1n) is 5.20. The monoisotopic (exact) mass is 222 g/mol. The van der Waals surface area contributed by atoms with Gasteiger partial charge in [-0.05, 0) is 32.9 Å². The van der Waals surface area contributed by atoms with Crippen LogP contribution in [0.3, 0.4) is 0 Å². The van der Waals surface area contributed by atoms with E-state index in [0.717, 1.165) is 5.69 Å². The van der Waals surface area contributed by atoms with Gasteiger partial charge in [0.1, 0.15) is 0 Å². The molecule has 0 aromatic carbocycles. The molecule has 0 radical (unpaired) electrons. The van der Waals surface area contributed by atoms with E-state index >= 15 is 0 Å². The Hall–Kier alpha value is -1.42. The van der Waals surface area contributed by atoms with Crippen molar-refractivity contribution in [2.24, 2.45) is 0 Å². The number of pyridine rings is 1. The zero-order chi connectivity index (χ0) is 12.3. The normalized spacial score (nSPS) is 11.3. The fourth-order valence-corrected chi connectivity index (χ4v) is 1.55. The van der Waals surface area contributed by atoms with E-state index in [1.54, 1.807) is 39.2 Å². The molecule has 0 aliphatic carbocycles. The fourth-order valence-electron chi connectivity index (χ4n) is 1.55. The van der Waals surface area contributed by atoms with Gasteiger partial charge in [0, 0.05) is 31.0 Å². The summed E-state index contributed by atoms with van der Waals surface area (Å²) in [4.78, 5) is 17.5. The first-order valence-corrected chi connectivity index (χ1v) is 5.20. The topological polar surface area (TPSA) is 53.4 Å². The standard InChI is InChI=1S/C12H18N2O2/c1-9-7-10(5-6-13-9)11(15)14(4)8-12(2,3)16/h5-7,16H,8H2,1-4H3. The van der Waals surface area contributed by atoms with Gasteiger partial charge in [0.2, 0.25) is 0 Å². The Morgan fingerprint density at radius 1 is 1.56 bits per heavy atom. The lowest BCUT2D eigenvalue weighted by atomic mass is 10.1. The number of rotatable bonds is 3. The lowest BCUT2D eigenvalue weighted by molar-refractivity contribution is 0.0368. The van der Waals surface area contributed by atoms with E-state index in [1.165, 1.54) is 4.90 Å². The minimum absolute atomic E-state index is 0.104. The molecule has 16 heavy (non-hydrogen) atoms. The Morgan fingerprint density at radius 3 is 2.69 bits per heavy atom. The average molecular weight is 222 g/mol. The van der Waals surface area contributed by atoms with Gasteiger partial charge in [-0.25, -0.2) is 0 Å². The van der Waals surface area contributed by atoms with Crippen LogP contribution in [0, 0.1) is 6.92 Å². The number of hydrogen-bond acceptors (Lipinski definition) is 3. The summed E-state index contributed by atoms with van der Waals surface area (Å²) in [5.74, 6) is -0.104. The van der Waals surface area contributed by atoms with Gasteiger partial charge in [0.05, 0.1) is 5.60 Å². The van der Waals surface area contributed by atoms with Gasteiger partial charge in [0.25, 0.3) is 5.91 Å². The zero-order valence-corrected chi connectivity index (χ0v) is 10.2. The second-order valence-electron chi connectivity index (χ2n) is 4.66. The number of aromatic nitrogens is 1. The van der Waals surface area contributed by atoms with Crippen molar-refractivity contribution in [1.82, 2.24) is 9.88 Å². The second-order valence-corrected chi connectivity index (χ2v) is 4.66. The van der Waals surface area contributed by atoms with Crippen LogP contribution in [-0.4, -0.2) is 40.1 Å². The van der Waals surface area contributed by atoms with Crippen molar-refractivity contribution < 1.29 is 9.90 Å². The molecule has 0 aliphatic rings.